The third-order valence-electron chi connectivity index (χ3n) is 0.780. The second-order valence-electron chi connectivity index (χ2n) is 3.20. The number of hydrogen-bond acceptors (Lipinski definition) is 4. The first kappa shape index (κ1) is 11.7. The van der Waals surface area contributed by atoms with E-state index in [1.54, 1.807) is 13.1 Å². The standard InChI is InChI=1S/C5H16O3SSi2/c1-9-7-11(4,5)8-10(2,3)6/h6H,1-5H3. The maximum Gasteiger partial charge on any atom is 0.336 e. The molecule has 1 N–H and O–H groups in total. The molecule has 11 heavy (non-hydrogen) atoms. The Hall–Kier alpha value is 0.664. The fourth-order valence-electron chi connectivity index (χ4n) is 0.819. The van der Waals surface area contributed by atoms with Gasteiger partial charge in [0, 0.05) is 6.26 Å². The quantitative estimate of drug-likeness (QED) is 0.568. The Morgan fingerprint density at radius 2 is 1.64 bits per heavy atom. The predicted octanol–water partition coefficient (Wildman–Crippen LogP) is 1.69. The van der Waals surface area contributed by atoms with Crippen LogP contribution in [0.25, 0.3) is 0 Å². The highest BCUT2D eigenvalue weighted by molar-refractivity contribution is 7.94. The van der Waals surface area contributed by atoms with E-state index in [1.807, 2.05) is 19.3 Å². The van der Waals surface area contributed by atoms with Crippen molar-refractivity contribution in [1.82, 2.24) is 0 Å². The molecular formula is C5H16O3SSi2. The van der Waals surface area contributed by atoms with Crippen LogP contribution in [0.2, 0.25) is 26.2 Å². The van der Waals surface area contributed by atoms with Crippen molar-refractivity contribution >= 4 is 29.2 Å². The summed E-state index contributed by atoms with van der Waals surface area (Å²) in [5.41, 5.74) is 0. The lowest BCUT2D eigenvalue weighted by atomic mass is 11.9. The molecule has 0 amide bonds. The van der Waals surface area contributed by atoms with Crippen molar-refractivity contribution in [3.8, 4) is 0 Å². The molecule has 0 atom stereocenters. The maximum absolute atomic E-state index is 9.44. The zero-order valence-corrected chi connectivity index (χ0v) is 10.5. The first-order chi connectivity index (χ1) is 4.77. The van der Waals surface area contributed by atoms with Crippen molar-refractivity contribution in [2.45, 2.75) is 26.2 Å². The second kappa shape index (κ2) is 4.06. The van der Waals surface area contributed by atoms with Crippen LogP contribution in [0.5, 0.6) is 0 Å². The molecular weight excluding hydrogens is 196 g/mol. The van der Waals surface area contributed by atoms with Crippen LogP contribution in [0.4, 0.5) is 0 Å². The fourth-order valence-corrected chi connectivity index (χ4v) is 7.68. The summed E-state index contributed by atoms with van der Waals surface area (Å²) < 4.78 is 10.8. The highest BCUT2D eigenvalue weighted by Gasteiger charge is 2.33. The third-order valence-corrected chi connectivity index (χ3v) is 7.02. The van der Waals surface area contributed by atoms with Crippen LogP contribution in [0.3, 0.4) is 0 Å². The highest BCUT2D eigenvalue weighted by Crippen LogP contribution is 2.17. The van der Waals surface area contributed by atoms with Gasteiger partial charge in [-0.3, -0.25) is 0 Å². The van der Waals surface area contributed by atoms with Gasteiger partial charge < -0.3 is 12.8 Å². The molecule has 0 fully saturated rings. The van der Waals surface area contributed by atoms with Gasteiger partial charge in [0.2, 0.25) is 0 Å². The van der Waals surface area contributed by atoms with Crippen LogP contribution >= 0.6 is 12.0 Å². The van der Waals surface area contributed by atoms with Gasteiger partial charge in [-0.1, -0.05) is 0 Å². The average molecular weight is 212 g/mol. The molecule has 0 aliphatic rings. The molecule has 0 saturated carbocycles. The minimum absolute atomic E-state index is 1.30. The molecule has 3 nitrogen and oxygen atoms in total. The van der Waals surface area contributed by atoms with E-state index < -0.39 is 17.1 Å². The van der Waals surface area contributed by atoms with E-state index in [0.29, 0.717) is 0 Å². The Kier molecular flexibility index (Phi) is 4.30. The van der Waals surface area contributed by atoms with Crippen molar-refractivity contribution in [2.75, 3.05) is 6.26 Å². The average Bonchev–Trinajstić information content (AvgIpc) is 1.55. The first-order valence-electron chi connectivity index (χ1n) is 3.41. The summed E-state index contributed by atoms with van der Waals surface area (Å²) in [6, 6.07) is 0. The minimum atomic E-state index is -2.41. The van der Waals surface area contributed by atoms with Crippen LogP contribution < -0.4 is 0 Å². The van der Waals surface area contributed by atoms with Crippen molar-refractivity contribution < 1.29 is 12.8 Å². The van der Waals surface area contributed by atoms with Gasteiger partial charge in [-0.25, -0.2) is 0 Å². The van der Waals surface area contributed by atoms with E-state index in [4.69, 9.17) is 7.99 Å². The minimum Gasteiger partial charge on any atom is -0.415 e. The monoisotopic (exact) mass is 212 g/mol. The lowest BCUT2D eigenvalue weighted by molar-refractivity contribution is 0.342. The molecule has 0 aromatic heterocycles. The highest BCUT2D eigenvalue weighted by atomic mass is 32.2. The van der Waals surface area contributed by atoms with Gasteiger partial charge >= 0.3 is 17.1 Å². The molecule has 0 rings (SSSR count). The van der Waals surface area contributed by atoms with E-state index in [2.05, 4.69) is 0 Å². The van der Waals surface area contributed by atoms with Gasteiger partial charge in [-0.15, -0.1) is 0 Å². The molecule has 0 spiro atoms. The number of rotatable bonds is 4. The summed E-state index contributed by atoms with van der Waals surface area (Å²) in [5.74, 6) is 0. The van der Waals surface area contributed by atoms with Gasteiger partial charge in [-0.2, -0.15) is 0 Å². The molecule has 6 heteroatoms. The summed E-state index contributed by atoms with van der Waals surface area (Å²) in [7, 11) is -4.47. The lowest BCUT2D eigenvalue weighted by Crippen LogP contribution is -2.45. The van der Waals surface area contributed by atoms with Gasteiger partial charge in [0.15, 0.2) is 0 Å². The maximum atomic E-state index is 9.44. The topological polar surface area (TPSA) is 38.7 Å². The van der Waals surface area contributed by atoms with E-state index in [1.165, 1.54) is 12.0 Å². The Balaban J connectivity index is 3.91. The summed E-state index contributed by atoms with van der Waals surface area (Å²) in [6.07, 6.45) is 1.85. The lowest BCUT2D eigenvalue weighted by Gasteiger charge is -2.27. The molecule has 68 valence electrons. The van der Waals surface area contributed by atoms with E-state index in [-0.39, 0.29) is 0 Å². The van der Waals surface area contributed by atoms with Gasteiger partial charge in [-0.05, 0) is 38.2 Å². The van der Waals surface area contributed by atoms with E-state index >= 15 is 0 Å². The predicted molar refractivity (Wildman–Crippen MR) is 52.9 cm³/mol. The summed E-state index contributed by atoms with van der Waals surface area (Å²) >= 11 is 1.30. The summed E-state index contributed by atoms with van der Waals surface area (Å²) in [6.45, 7) is 7.33. The van der Waals surface area contributed by atoms with Gasteiger partial charge in [0.1, 0.15) is 0 Å². The van der Waals surface area contributed by atoms with Crippen molar-refractivity contribution in [1.29, 1.82) is 0 Å². The smallest absolute Gasteiger partial charge is 0.336 e. The van der Waals surface area contributed by atoms with Crippen LogP contribution in [0.15, 0.2) is 0 Å². The molecule has 0 saturated heterocycles. The molecule has 0 bridgehead atoms. The number of hydrogen-bond donors (Lipinski definition) is 1. The Labute approximate surface area is 74.8 Å². The molecule has 0 aromatic carbocycles. The Bertz CT molecular complexity index is 123. The third kappa shape index (κ3) is 7.04. The molecule has 0 aliphatic carbocycles. The van der Waals surface area contributed by atoms with Crippen molar-refractivity contribution in [3.63, 3.8) is 0 Å². The van der Waals surface area contributed by atoms with Crippen LogP contribution in [-0.2, 0) is 7.99 Å². The van der Waals surface area contributed by atoms with E-state index in [0.717, 1.165) is 0 Å². The zero-order valence-electron chi connectivity index (χ0n) is 7.67. The molecule has 0 heterocycles. The first-order valence-corrected chi connectivity index (χ1v) is 10.2. The van der Waals surface area contributed by atoms with Crippen LogP contribution in [-0.4, -0.2) is 28.2 Å². The second-order valence-corrected chi connectivity index (χ2v) is 10.7. The van der Waals surface area contributed by atoms with Crippen molar-refractivity contribution in [2.24, 2.45) is 0 Å². The van der Waals surface area contributed by atoms with Gasteiger partial charge in [0.05, 0.1) is 0 Å². The Morgan fingerprint density at radius 3 is 1.91 bits per heavy atom. The fraction of sp³-hybridized carbons (Fsp3) is 1.00. The van der Waals surface area contributed by atoms with Crippen LogP contribution in [0, 0.1) is 0 Å². The molecule has 0 aliphatic heterocycles. The summed E-state index contributed by atoms with van der Waals surface area (Å²) in [5, 5.41) is 0. The van der Waals surface area contributed by atoms with Crippen LogP contribution in [0.1, 0.15) is 0 Å². The van der Waals surface area contributed by atoms with E-state index in [9.17, 15) is 4.80 Å². The Morgan fingerprint density at radius 1 is 1.18 bits per heavy atom. The summed E-state index contributed by atoms with van der Waals surface area (Å²) in [4.78, 5) is 9.44. The molecule has 0 aromatic rings. The SMILES string of the molecule is CSO[Si](C)(C)O[Si](C)(C)O. The van der Waals surface area contributed by atoms with Crippen molar-refractivity contribution in [3.05, 3.63) is 0 Å². The van der Waals surface area contributed by atoms with Gasteiger partial charge in [0.25, 0.3) is 0 Å². The largest absolute Gasteiger partial charge is 0.415 e. The zero-order chi connectivity index (χ0) is 9.12. The molecule has 0 radical (unpaired) electrons. The normalized spacial score (nSPS) is 13.6. The molecule has 0 unspecified atom stereocenters.